The van der Waals surface area contributed by atoms with Crippen LogP contribution in [0.15, 0.2) is 0 Å². The highest BCUT2D eigenvalue weighted by Gasteiger charge is 2.02. The van der Waals surface area contributed by atoms with E-state index in [4.69, 9.17) is 5.11 Å². The summed E-state index contributed by atoms with van der Waals surface area (Å²) in [4.78, 5) is 0. The molecule has 0 spiro atoms. The fraction of sp³-hybridized carbons (Fsp3) is 1.00. The molecular formula is C18H39NO. The standard InChI is InChI=1S/C18H39NO/c1-3-18(4-2)14-12-10-8-6-5-7-9-11-13-15-19-16-17-20/h18-20H,3-17H2,1-2H3. The molecule has 2 heteroatoms. The van der Waals surface area contributed by atoms with E-state index < -0.39 is 0 Å². The molecule has 0 rings (SSSR count). The quantitative estimate of drug-likeness (QED) is 0.395. The Labute approximate surface area is 127 Å². The summed E-state index contributed by atoms with van der Waals surface area (Å²) >= 11 is 0. The average Bonchev–Trinajstić information content (AvgIpc) is 2.48. The second-order valence-electron chi connectivity index (χ2n) is 6.13. The number of hydrogen-bond donors (Lipinski definition) is 2. The molecule has 122 valence electrons. The predicted octanol–water partition coefficient (Wildman–Crippen LogP) is 4.91. The Morgan fingerprint density at radius 2 is 1.20 bits per heavy atom. The van der Waals surface area contributed by atoms with Gasteiger partial charge in [-0.1, -0.05) is 84.5 Å². The highest BCUT2D eigenvalue weighted by Crippen LogP contribution is 2.17. The van der Waals surface area contributed by atoms with E-state index in [1.165, 1.54) is 77.0 Å². The van der Waals surface area contributed by atoms with Crippen molar-refractivity contribution in [3.05, 3.63) is 0 Å². The van der Waals surface area contributed by atoms with Crippen molar-refractivity contribution in [2.24, 2.45) is 5.92 Å². The Morgan fingerprint density at radius 3 is 1.70 bits per heavy atom. The van der Waals surface area contributed by atoms with Crippen LogP contribution in [0.3, 0.4) is 0 Å². The van der Waals surface area contributed by atoms with E-state index in [1.54, 1.807) is 0 Å². The number of hydrogen-bond acceptors (Lipinski definition) is 2. The van der Waals surface area contributed by atoms with Crippen LogP contribution in [0.5, 0.6) is 0 Å². The summed E-state index contributed by atoms with van der Waals surface area (Å²) < 4.78 is 0. The summed E-state index contributed by atoms with van der Waals surface area (Å²) in [5.74, 6) is 0.981. The molecule has 0 aliphatic carbocycles. The van der Waals surface area contributed by atoms with Crippen LogP contribution in [0, 0.1) is 5.92 Å². The molecule has 0 aromatic carbocycles. The summed E-state index contributed by atoms with van der Waals surface area (Å²) in [6, 6.07) is 0. The van der Waals surface area contributed by atoms with Crippen molar-refractivity contribution in [2.75, 3.05) is 19.7 Å². The molecule has 2 N–H and O–H groups in total. The van der Waals surface area contributed by atoms with Crippen LogP contribution in [0.25, 0.3) is 0 Å². The first kappa shape index (κ1) is 19.9. The second kappa shape index (κ2) is 17.0. The fourth-order valence-corrected chi connectivity index (χ4v) is 2.82. The van der Waals surface area contributed by atoms with Gasteiger partial charge >= 0.3 is 0 Å². The maximum Gasteiger partial charge on any atom is 0.0555 e. The topological polar surface area (TPSA) is 32.3 Å². The molecule has 20 heavy (non-hydrogen) atoms. The summed E-state index contributed by atoms with van der Waals surface area (Å²) in [7, 11) is 0. The number of rotatable bonds is 16. The Bertz CT molecular complexity index is 169. The summed E-state index contributed by atoms with van der Waals surface area (Å²) in [5.41, 5.74) is 0. The molecule has 0 atom stereocenters. The lowest BCUT2D eigenvalue weighted by Gasteiger charge is -2.11. The van der Waals surface area contributed by atoms with Crippen molar-refractivity contribution in [3.8, 4) is 0 Å². The number of unbranched alkanes of at least 4 members (excludes halogenated alkanes) is 8. The maximum absolute atomic E-state index is 8.62. The van der Waals surface area contributed by atoms with Gasteiger partial charge in [-0.25, -0.2) is 0 Å². The molecule has 0 unspecified atom stereocenters. The van der Waals surface area contributed by atoms with Crippen molar-refractivity contribution in [2.45, 2.75) is 90.9 Å². The molecule has 2 nitrogen and oxygen atoms in total. The molecule has 0 bridgehead atoms. The molecule has 0 saturated heterocycles. The fourth-order valence-electron chi connectivity index (χ4n) is 2.82. The zero-order valence-electron chi connectivity index (χ0n) is 14.1. The van der Waals surface area contributed by atoms with Gasteiger partial charge in [-0.2, -0.15) is 0 Å². The monoisotopic (exact) mass is 285 g/mol. The van der Waals surface area contributed by atoms with Gasteiger partial charge < -0.3 is 10.4 Å². The lowest BCUT2D eigenvalue weighted by Crippen LogP contribution is -2.19. The third-order valence-corrected chi connectivity index (χ3v) is 4.41. The molecule has 0 amide bonds. The SMILES string of the molecule is CCC(CC)CCCCCCCCCCCNCCO. The van der Waals surface area contributed by atoms with Crippen LogP contribution in [0.4, 0.5) is 0 Å². The number of aliphatic hydroxyl groups excluding tert-OH is 1. The Hall–Kier alpha value is -0.0800. The van der Waals surface area contributed by atoms with E-state index in [1.807, 2.05) is 0 Å². The molecule has 0 aromatic heterocycles. The smallest absolute Gasteiger partial charge is 0.0555 e. The largest absolute Gasteiger partial charge is 0.395 e. The van der Waals surface area contributed by atoms with E-state index in [-0.39, 0.29) is 6.61 Å². The van der Waals surface area contributed by atoms with Crippen molar-refractivity contribution in [1.29, 1.82) is 0 Å². The Kier molecular flexibility index (Phi) is 16.9. The first-order valence-electron chi connectivity index (χ1n) is 9.16. The lowest BCUT2D eigenvalue weighted by molar-refractivity contribution is 0.292. The van der Waals surface area contributed by atoms with Crippen molar-refractivity contribution < 1.29 is 5.11 Å². The molecular weight excluding hydrogens is 246 g/mol. The zero-order chi connectivity index (χ0) is 14.9. The third kappa shape index (κ3) is 14.3. The molecule has 0 aliphatic rings. The molecule has 0 radical (unpaired) electrons. The minimum absolute atomic E-state index is 0.261. The van der Waals surface area contributed by atoms with Crippen molar-refractivity contribution >= 4 is 0 Å². The van der Waals surface area contributed by atoms with E-state index >= 15 is 0 Å². The van der Waals surface area contributed by atoms with Gasteiger partial charge in [0.05, 0.1) is 6.61 Å². The molecule has 0 aliphatic heterocycles. The van der Waals surface area contributed by atoms with Crippen LogP contribution in [-0.2, 0) is 0 Å². The second-order valence-corrected chi connectivity index (χ2v) is 6.13. The summed E-state index contributed by atoms with van der Waals surface area (Å²) in [6.45, 7) is 6.73. The minimum atomic E-state index is 0.261. The highest BCUT2D eigenvalue weighted by molar-refractivity contribution is 4.55. The average molecular weight is 286 g/mol. The van der Waals surface area contributed by atoms with Crippen LogP contribution < -0.4 is 5.32 Å². The maximum atomic E-state index is 8.62. The van der Waals surface area contributed by atoms with E-state index in [9.17, 15) is 0 Å². The number of nitrogens with one attached hydrogen (secondary N) is 1. The summed E-state index contributed by atoms with van der Waals surface area (Å²) in [6.07, 6.45) is 16.8. The van der Waals surface area contributed by atoms with Gasteiger partial charge in [0, 0.05) is 6.54 Å². The third-order valence-electron chi connectivity index (χ3n) is 4.41. The van der Waals surface area contributed by atoms with Gasteiger partial charge in [-0.05, 0) is 18.9 Å². The van der Waals surface area contributed by atoms with Crippen LogP contribution in [0.1, 0.15) is 90.9 Å². The zero-order valence-corrected chi connectivity index (χ0v) is 14.1. The van der Waals surface area contributed by atoms with Crippen LogP contribution >= 0.6 is 0 Å². The van der Waals surface area contributed by atoms with Crippen LogP contribution in [-0.4, -0.2) is 24.8 Å². The van der Waals surface area contributed by atoms with Crippen molar-refractivity contribution in [3.63, 3.8) is 0 Å². The van der Waals surface area contributed by atoms with Gasteiger partial charge in [-0.3, -0.25) is 0 Å². The first-order chi connectivity index (χ1) is 9.85. The van der Waals surface area contributed by atoms with Crippen molar-refractivity contribution in [1.82, 2.24) is 5.32 Å². The van der Waals surface area contributed by atoms with Gasteiger partial charge in [0.15, 0.2) is 0 Å². The van der Waals surface area contributed by atoms with Gasteiger partial charge in [0.25, 0.3) is 0 Å². The highest BCUT2D eigenvalue weighted by atomic mass is 16.3. The molecule has 0 aromatic rings. The normalized spacial score (nSPS) is 11.4. The Balaban J connectivity index is 3.02. The van der Waals surface area contributed by atoms with Crippen LogP contribution in [0.2, 0.25) is 0 Å². The predicted molar refractivity (Wildman–Crippen MR) is 90.2 cm³/mol. The minimum Gasteiger partial charge on any atom is -0.395 e. The van der Waals surface area contributed by atoms with Gasteiger partial charge in [0.2, 0.25) is 0 Å². The molecule has 0 fully saturated rings. The summed E-state index contributed by atoms with van der Waals surface area (Å²) in [5, 5.41) is 11.9. The molecule has 0 saturated carbocycles. The first-order valence-corrected chi connectivity index (χ1v) is 9.16. The van der Waals surface area contributed by atoms with E-state index in [0.717, 1.165) is 19.0 Å². The molecule has 0 heterocycles. The van der Waals surface area contributed by atoms with E-state index in [0.29, 0.717) is 0 Å². The lowest BCUT2D eigenvalue weighted by atomic mass is 9.95. The van der Waals surface area contributed by atoms with E-state index in [2.05, 4.69) is 19.2 Å². The number of aliphatic hydroxyl groups is 1. The van der Waals surface area contributed by atoms with Gasteiger partial charge in [0.1, 0.15) is 0 Å². The Morgan fingerprint density at radius 1 is 0.700 bits per heavy atom. The van der Waals surface area contributed by atoms with Gasteiger partial charge in [-0.15, -0.1) is 0 Å².